The first kappa shape index (κ1) is 16.3. The van der Waals surface area contributed by atoms with Crippen LogP contribution < -0.4 is 10.2 Å². The van der Waals surface area contributed by atoms with E-state index in [-0.39, 0.29) is 17.8 Å². The average Bonchev–Trinajstić information content (AvgIpc) is 3.24. The molecule has 1 amide bonds. The number of anilines is 1. The fourth-order valence-electron chi connectivity index (χ4n) is 3.17. The number of rotatable bonds is 4. The minimum Gasteiger partial charge on any atom is -0.371 e. The van der Waals surface area contributed by atoms with Crippen molar-refractivity contribution in [3.05, 3.63) is 67.1 Å². The second-order valence-corrected chi connectivity index (χ2v) is 6.28. The van der Waals surface area contributed by atoms with E-state index in [0.717, 1.165) is 25.9 Å². The second-order valence-electron chi connectivity index (χ2n) is 6.28. The molecule has 0 radical (unpaired) electrons. The third kappa shape index (κ3) is 3.56. The van der Waals surface area contributed by atoms with Crippen LogP contribution >= 0.6 is 0 Å². The molecule has 0 aliphatic carbocycles. The molecule has 7 nitrogen and oxygen atoms in total. The molecule has 2 aromatic heterocycles. The number of hydrogen-bond donors (Lipinski definition) is 1. The molecule has 1 fully saturated rings. The normalized spacial score (nSPS) is 15.0. The van der Waals surface area contributed by atoms with Gasteiger partial charge in [0.25, 0.3) is 5.91 Å². The van der Waals surface area contributed by atoms with Crippen molar-refractivity contribution in [3.8, 4) is 5.82 Å². The van der Waals surface area contributed by atoms with E-state index in [0.29, 0.717) is 5.82 Å². The number of imidazole rings is 1. The van der Waals surface area contributed by atoms with Gasteiger partial charge in [-0.2, -0.15) is 0 Å². The number of carbonyl (C=O) groups excluding carboxylic acids is 1. The maximum absolute atomic E-state index is 12.5. The van der Waals surface area contributed by atoms with Gasteiger partial charge in [-0.05, 0) is 31.0 Å². The molecule has 1 saturated heterocycles. The monoisotopic (exact) mass is 348 g/mol. The number of nitrogens with zero attached hydrogens (tertiary/aromatic N) is 5. The number of amides is 1. The lowest BCUT2D eigenvalue weighted by Gasteiger charge is -2.33. The average molecular weight is 348 g/mol. The highest BCUT2D eigenvalue weighted by Crippen LogP contribution is 2.19. The number of nitrogens with one attached hydrogen (secondary N) is 1. The van der Waals surface area contributed by atoms with Crippen LogP contribution in [0, 0.1) is 0 Å². The van der Waals surface area contributed by atoms with Gasteiger partial charge in [-0.25, -0.2) is 15.0 Å². The van der Waals surface area contributed by atoms with Crippen molar-refractivity contribution < 1.29 is 4.79 Å². The maximum Gasteiger partial charge on any atom is 0.289 e. The van der Waals surface area contributed by atoms with Crippen molar-refractivity contribution in [2.75, 3.05) is 18.0 Å². The summed E-state index contributed by atoms with van der Waals surface area (Å²) in [6, 6.07) is 12.2. The molecule has 0 saturated carbocycles. The SMILES string of the molecule is O=C(NC1CCN(c2ccccc2)CC1)c1nccc(-n2ccnc2)n1. The largest absolute Gasteiger partial charge is 0.371 e. The van der Waals surface area contributed by atoms with Crippen LogP contribution in [0.4, 0.5) is 5.69 Å². The molecule has 1 N–H and O–H groups in total. The van der Waals surface area contributed by atoms with Crippen LogP contribution in [0.15, 0.2) is 61.3 Å². The molecule has 1 aliphatic heterocycles. The van der Waals surface area contributed by atoms with E-state index in [4.69, 9.17) is 0 Å². The Morgan fingerprint density at radius 1 is 1.08 bits per heavy atom. The molecule has 3 heterocycles. The first-order valence-electron chi connectivity index (χ1n) is 8.72. The Morgan fingerprint density at radius 3 is 2.62 bits per heavy atom. The molecular formula is C19H20N6O. The van der Waals surface area contributed by atoms with E-state index >= 15 is 0 Å². The number of aromatic nitrogens is 4. The lowest BCUT2D eigenvalue weighted by Crippen LogP contribution is -2.45. The standard InChI is InChI=1S/C19H20N6O/c26-19(18-21-9-6-17(23-18)25-13-10-20-14-25)22-15-7-11-24(12-8-15)16-4-2-1-3-5-16/h1-6,9-10,13-15H,7-8,11-12H2,(H,22,26). The summed E-state index contributed by atoms with van der Waals surface area (Å²) >= 11 is 0. The van der Waals surface area contributed by atoms with Gasteiger partial charge in [0.1, 0.15) is 12.1 Å². The van der Waals surface area contributed by atoms with Gasteiger partial charge >= 0.3 is 0 Å². The van der Waals surface area contributed by atoms with Crippen molar-refractivity contribution in [3.63, 3.8) is 0 Å². The van der Waals surface area contributed by atoms with Gasteiger partial charge in [-0.1, -0.05) is 18.2 Å². The van der Waals surface area contributed by atoms with Crippen molar-refractivity contribution in [2.24, 2.45) is 0 Å². The Labute approximate surface area is 151 Å². The van der Waals surface area contributed by atoms with Gasteiger partial charge in [0.2, 0.25) is 5.82 Å². The molecule has 0 unspecified atom stereocenters. The first-order valence-corrected chi connectivity index (χ1v) is 8.72. The Bertz CT molecular complexity index is 857. The van der Waals surface area contributed by atoms with Crippen molar-refractivity contribution >= 4 is 11.6 Å². The topological polar surface area (TPSA) is 75.9 Å². The van der Waals surface area contributed by atoms with Crippen molar-refractivity contribution in [2.45, 2.75) is 18.9 Å². The molecule has 0 spiro atoms. The molecule has 1 aliphatic rings. The van der Waals surface area contributed by atoms with E-state index in [9.17, 15) is 4.79 Å². The van der Waals surface area contributed by atoms with Crippen LogP contribution in [-0.2, 0) is 0 Å². The third-order valence-electron chi connectivity index (χ3n) is 4.56. The number of para-hydroxylation sites is 1. The van der Waals surface area contributed by atoms with Gasteiger partial charge < -0.3 is 10.2 Å². The minimum absolute atomic E-state index is 0.142. The van der Waals surface area contributed by atoms with Crippen LogP contribution in [-0.4, -0.2) is 44.6 Å². The fraction of sp³-hybridized carbons (Fsp3) is 0.263. The zero-order valence-electron chi connectivity index (χ0n) is 14.3. The first-order chi connectivity index (χ1) is 12.8. The van der Waals surface area contributed by atoms with Gasteiger partial charge in [0, 0.05) is 43.4 Å². The molecule has 26 heavy (non-hydrogen) atoms. The highest BCUT2D eigenvalue weighted by atomic mass is 16.2. The summed E-state index contributed by atoms with van der Waals surface area (Å²) in [6.07, 6.45) is 8.49. The molecule has 132 valence electrons. The highest BCUT2D eigenvalue weighted by molar-refractivity contribution is 5.90. The summed E-state index contributed by atoms with van der Waals surface area (Å²) < 4.78 is 1.75. The predicted octanol–water partition coefficient (Wildman–Crippen LogP) is 2.06. The smallest absolute Gasteiger partial charge is 0.289 e. The Kier molecular flexibility index (Phi) is 4.59. The van der Waals surface area contributed by atoms with Crippen LogP contribution in [0.1, 0.15) is 23.5 Å². The minimum atomic E-state index is -0.231. The van der Waals surface area contributed by atoms with Gasteiger partial charge in [0.15, 0.2) is 0 Å². The molecule has 3 aromatic rings. The molecule has 0 bridgehead atoms. The molecule has 1 aromatic carbocycles. The van der Waals surface area contributed by atoms with Crippen LogP contribution in [0.5, 0.6) is 0 Å². The lowest BCUT2D eigenvalue weighted by molar-refractivity contribution is 0.0920. The fourth-order valence-corrected chi connectivity index (χ4v) is 3.17. The Morgan fingerprint density at radius 2 is 1.88 bits per heavy atom. The van der Waals surface area contributed by atoms with E-state index < -0.39 is 0 Å². The number of hydrogen-bond acceptors (Lipinski definition) is 5. The molecule has 0 atom stereocenters. The number of benzene rings is 1. The summed E-state index contributed by atoms with van der Waals surface area (Å²) in [5.74, 6) is 0.577. The number of carbonyl (C=O) groups is 1. The van der Waals surface area contributed by atoms with E-state index in [2.05, 4.69) is 37.3 Å². The molecule has 4 rings (SSSR count). The lowest BCUT2D eigenvalue weighted by atomic mass is 10.0. The number of piperidine rings is 1. The van der Waals surface area contributed by atoms with E-state index in [1.165, 1.54) is 5.69 Å². The van der Waals surface area contributed by atoms with Crippen LogP contribution in [0.2, 0.25) is 0 Å². The summed E-state index contributed by atoms with van der Waals surface area (Å²) in [6.45, 7) is 1.84. The van der Waals surface area contributed by atoms with Gasteiger partial charge in [-0.15, -0.1) is 0 Å². The quantitative estimate of drug-likeness (QED) is 0.781. The van der Waals surface area contributed by atoms with E-state index in [1.54, 1.807) is 35.6 Å². The van der Waals surface area contributed by atoms with Crippen molar-refractivity contribution in [1.29, 1.82) is 0 Å². The second kappa shape index (κ2) is 7.35. The summed E-state index contributed by atoms with van der Waals surface area (Å²) in [4.78, 5) is 27.3. The highest BCUT2D eigenvalue weighted by Gasteiger charge is 2.22. The molecular weight excluding hydrogens is 328 g/mol. The van der Waals surface area contributed by atoms with E-state index in [1.807, 2.05) is 18.2 Å². The van der Waals surface area contributed by atoms with Crippen LogP contribution in [0.25, 0.3) is 5.82 Å². The third-order valence-corrected chi connectivity index (χ3v) is 4.56. The van der Waals surface area contributed by atoms with Gasteiger partial charge in [0.05, 0.1) is 0 Å². The summed E-state index contributed by atoms with van der Waals surface area (Å²) in [7, 11) is 0. The summed E-state index contributed by atoms with van der Waals surface area (Å²) in [5.41, 5.74) is 1.23. The maximum atomic E-state index is 12.5. The van der Waals surface area contributed by atoms with Gasteiger partial charge in [-0.3, -0.25) is 9.36 Å². The predicted molar refractivity (Wildman–Crippen MR) is 98.3 cm³/mol. The molecule has 7 heteroatoms. The summed E-state index contributed by atoms with van der Waals surface area (Å²) in [5, 5.41) is 3.06. The zero-order chi connectivity index (χ0) is 17.8. The zero-order valence-corrected chi connectivity index (χ0v) is 14.3. The Balaban J connectivity index is 1.37. The Hall–Kier alpha value is -3.22. The van der Waals surface area contributed by atoms with Crippen LogP contribution in [0.3, 0.4) is 0 Å². The van der Waals surface area contributed by atoms with Crippen molar-refractivity contribution in [1.82, 2.24) is 24.8 Å².